The van der Waals surface area contributed by atoms with Crippen LogP contribution in [0.5, 0.6) is 5.75 Å². The maximum absolute atomic E-state index is 13.3. The summed E-state index contributed by atoms with van der Waals surface area (Å²) < 4.78 is 31.1. The molecule has 1 aliphatic rings. The van der Waals surface area contributed by atoms with Crippen LogP contribution < -0.4 is 15.4 Å². The first-order chi connectivity index (χ1) is 10.5. The van der Waals surface area contributed by atoms with Crippen LogP contribution >= 0.6 is 0 Å². The van der Waals surface area contributed by atoms with Crippen molar-refractivity contribution in [2.75, 3.05) is 19.7 Å². The number of aliphatic hydroxyl groups is 1. The third-order valence-electron chi connectivity index (χ3n) is 3.70. The number of hydrogen-bond donors (Lipinski definition) is 3. The summed E-state index contributed by atoms with van der Waals surface area (Å²) in [6, 6.07) is 2.67. The number of nitrogens with one attached hydrogen (secondary N) is 2. The van der Waals surface area contributed by atoms with E-state index in [1.54, 1.807) is 0 Å². The molecule has 0 heterocycles. The van der Waals surface area contributed by atoms with Crippen LogP contribution in [0, 0.1) is 11.6 Å². The summed E-state index contributed by atoms with van der Waals surface area (Å²) in [4.78, 5) is 11.5. The molecule has 3 N–H and O–H groups in total. The Kier molecular flexibility index (Phi) is 5.54. The van der Waals surface area contributed by atoms with Gasteiger partial charge in [-0.1, -0.05) is 0 Å². The second kappa shape index (κ2) is 7.40. The normalized spacial score (nSPS) is 15.8. The topological polar surface area (TPSA) is 70.6 Å². The standard InChI is InChI=1S/C15H20F2N2O3/c16-11-2-3-13(12(17)10-11)22-9-8-19-14(20)18-7-6-15(21)4-1-5-15/h2-3,10,21H,1,4-9H2,(H2,18,19,20). The van der Waals surface area contributed by atoms with Gasteiger partial charge in [-0.2, -0.15) is 0 Å². The average molecular weight is 314 g/mol. The average Bonchev–Trinajstić information content (AvgIpc) is 2.43. The van der Waals surface area contributed by atoms with Gasteiger partial charge in [0.1, 0.15) is 12.4 Å². The van der Waals surface area contributed by atoms with Gasteiger partial charge in [-0.25, -0.2) is 13.6 Å². The molecule has 22 heavy (non-hydrogen) atoms. The van der Waals surface area contributed by atoms with Crippen LogP contribution in [0.15, 0.2) is 18.2 Å². The van der Waals surface area contributed by atoms with Crippen molar-refractivity contribution in [3.63, 3.8) is 0 Å². The summed E-state index contributed by atoms with van der Waals surface area (Å²) in [6.07, 6.45) is 3.14. The second-order valence-corrected chi connectivity index (χ2v) is 5.43. The van der Waals surface area contributed by atoms with Crippen LogP contribution in [-0.4, -0.2) is 36.4 Å². The van der Waals surface area contributed by atoms with Gasteiger partial charge < -0.3 is 20.5 Å². The lowest BCUT2D eigenvalue weighted by molar-refractivity contribution is -0.0389. The zero-order valence-electron chi connectivity index (χ0n) is 12.2. The summed E-state index contributed by atoms with van der Waals surface area (Å²) in [5.74, 6) is -1.51. The first-order valence-corrected chi connectivity index (χ1v) is 7.30. The molecule has 0 radical (unpaired) electrons. The van der Waals surface area contributed by atoms with Gasteiger partial charge >= 0.3 is 6.03 Å². The van der Waals surface area contributed by atoms with Gasteiger partial charge in [0.15, 0.2) is 11.6 Å². The molecule has 1 saturated carbocycles. The van der Waals surface area contributed by atoms with Crippen molar-refractivity contribution < 1.29 is 23.4 Å². The highest BCUT2D eigenvalue weighted by Crippen LogP contribution is 2.33. The minimum Gasteiger partial charge on any atom is -0.489 e. The van der Waals surface area contributed by atoms with Crippen molar-refractivity contribution in [3.05, 3.63) is 29.8 Å². The Bertz CT molecular complexity index is 522. The number of hydrogen-bond acceptors (Lipinski definition) is 3. The van der Waals surface area contributed by atoms with E-state index >= 15 is 0 Å². The molecule has 0 spiro atoms. The zero-order valence-corrected chi connectivity index (χ0v) is 12.2. The van der Waals surface area contributed by atoms with E-state index in [-0.39, 0.29) is 24.9 Å². The fraction of sp³-hybridized carbons (Fsp3) is 0.533. The van der Waals surface area contributed by atoms with Crippen molar-refractivity contribution in [1.82, 2.24) is 10.6 Å². The predicted molar refractivity (Wildman–Crippen MR) is 76.7 cm³/mol. The van der Waals surface area contributed by atoms with Crippen LogP contribution in [-0.2, 0) is 0 Å². The molecule has 1 aromatic carbocycles. The Morgan fingerprint density at radius 1 is 1.27 bits per heavy atom. The van der Waals surface area contributed by atoms with Crippen LogP contribution in [0.3, 0.4) is 0 Å². The molecular weight excluding hydrogens is 294 g/mol. The number of urea groups is 1. The first kappa shape index (κ1) is 16.5. The third kappa shape index (κ3) is 4.84. The molecule has 1 aromatic rings. The van der Waals surface area contributed by atoms with E-state index in [9.17, 15) is 18.7 Å². The summed E-state index contributed by atoms with van der Waals surface area (Å²) >= 11 is 0. The van der Waals surface area contributed by atoms with E-state index in [1.165, 1.54) is 6.07 Å². The highest BCUT2D eigenvalue weighted by molar-refractivity contribution is 5.73. The predicted octanol–water partition coefficient (Wildman–Crippen LogP) is 1.95. The van der Waals surface area contributed by atoms with E-state index in [0.29, 0.717) is 13.0 Å². The lowest BCUT2D eigenvalue weighted by Crippen LogP contribution is -2.43. The van der Waals surface area contributed by atoms with Gasteiger partial charge in [0.2, 0.25) is 0 Å². The highest BCUT2D eigenvalue weighted by Gasteiger charge is 2.33. The molecule has 122 valence electrons. The summed E-state index contributed by atoms with van der Waals surface area (Å²) in [5.41, 5.74) is -0.615. The summed E-state index contributed by atoms with van der Waals surface area (Å²) in [6.45, 7) is 0.655. The van der Waals surface area contributed by atoms with Gasteiger partial charge in [0.05, 0.1) is 12.1 Å². The van der Waals surface area contributed by atoms with Crippen LogP contribution in [0.1, 0.15) is 25.7 Å². The minimum absolute atomic E-state index is 0.0594. The van der Waals surface area contributed by atoms with Crippen molar-refractivity contribution in [2.45, 2.75) is 31.3 Å². The molecule has 0 aliphatic heterocycles. The molecular formula is C15H20F2N2O3. The molecule has 0 aromatic heterocycles. The van der Waals surface area contributed by atoms with Crippen molar-refractivity contribution in [2.24, 2.45) is 0 Å². The molecule has 0 bridgehead atoms. The molecule has 0 saturated heterocycles. The van der Waals surface area contributed by atoms with Crippen molar-refractivity contribution in [1.29, 1.82) is 0 Å². The van der Waals surface area contributed by atoms with Gasteiger partial charge in [0, 0.05) is 12.6 Å². The number of carbonyl (C=O) groups is 1. The number of amides is 2. The van der Waals surface area contributed by atoms with Crippen molar-refractivity contribution >= 4 is 6.03 Å². The number of rotatable bonds is 7. The smallest absolute Gasteiger partial charge is 0.314 e. The first-order valence-electron chi connectivity index (χ1n) is 7.30. The van der Waals surface area contributed by atoms with Crippen LogP contribution in [0.25, 0.3) is 0 Å². The third-order valence-corrected chi connectivity index (χ3v) is 3.70. The number of halogens is 2. The van der Waals surface area contributed by atoms with Gasteiger partial charge in [-0.05, 0) is 37.8 Å². The van der Waals surface area contributed by atoms with E-state index in [2.05, 4.69) is 10.6 Å². The van der Waals surface area contributed by atoms with E-state index in [1.807, 2.05) is 0 Å². The SMILES string of the molecule is O=C(NCCOc1ccc(F)cc1F)NCCC1(O)CCC1. The van der Waals surface area contributed by atoms with E-state index < -0.39 is 17.2 Å². The number of carbonyl (C=O) groups excluding carboxylic acids is 1. The van der Waals surface area contributed by atoms with E-state index in [0.717, 1.165) is 31.4 Å². The quantitative estimate of drug-likeness (QED) is 0.674. The monoisotopic (exact) mass is 314 g/mol. The Morgan fingerprint density at radius 3 is 2.64 bits per heavy atom. The largest absolute Gasteiger partial charge is 0.489 e. The Hall–Kier alpha value is -1.89. The fourth-order valence-electron chi connectivity index (χ4n) is 2.22. The van der Waals surface area contributed by atoms with Crippen LogP contribution in [0.2, 0.25) is 0 Å². The number of benzene rings is 1. The second-order valence-electron chi connectivity index (χ2n) is 5.43. The molecule has 0 atom stereocenters. The number of ether oxygens (including phenoxy) is 1. The van der Waals surface area contributed by atoms with E-state index in [4.69, 9.17) is 4.74 Å². The molecule has 0 unspecified atom stereocenters. The molecule has 7 heteroatoms. The highest BCUT2D eigenvalue weighted by atomic mass is 19.1. The van der Waals surface area contributed by atoms with Crippen molar-refractivity contribution in [3.8, 4) is 5.75 Å². The molecule has 1 aliphatic carbocycles. The Balaban J connectivity index is 1.56. The van der Waals surface area contributed by atoms with Gasteiger partial charge in [0.25, 0.3) is 0 Å². The van der Waals surface area contributed by atoms with Crippen LogP contribution in [0.4, 0.5) is 13.6 Å². The molecule has 2 amide bonds. The lowest BCUT2D eigenvalue weighted by Gasteiger charge is -2.36. The Morgan fingerprint density at radius 2 is 2.00 bits per heavy atom. The van der Waals surface area contributed by atoms with Gasteiger partial charge in [-0.15, -0.1) is 0 Å². The summed E-state index contributed by atoms with van der Waals surface area (Å²) in [7, 11) is 0. The maximum atomic E-state index is 13.3. The molecule has 1 fully saturated rings. The summed E-state index contributed by atoms with van der Waals surface area (Å²) in [5, 5.41) is 15.0. The molecule has 2 rings (SSSR count). The lowest BCUT2D eigenvalue weighted by atomic mass is 9.78. The minimum atomic E-state index is -0.779. The van der Waals surface area contributed by atoms with Gasteiger partial charge in [-0.3, -0.25) is 0 Å². The molecule has 5 nitrogen and oxygen atoms in total. The fourth-order valence-corrected chi connectivity index (χ4v) is 2.22. The Labute approximate surface area is 127 Å². The maximum Gasteiger partial charge on any atom is 0.314 e. The zero-order chi connectivity index (χ0) is 16.0.